The van der Waals surface area contributed by atoms with Gasteiger partial charge >= 0.3 is 0 Å². The van der Waals surface area contributed by atoms with E-state index in [1.54, 1.807) is 0 Å². The number of pyridine rings is 2. The van der Waals surface area contributed by atoms with Crippen LogP contribution in [0.3, 0.4) is 0 Å². The summed E-state index contributed by atoms with van der Waals surface area (Å²) in [5, 5.41) is 13.8. The number of rotatable bonds is 6. The van der Waals surface area contributed by atoms with Crippen LogP contribution in [0, 0.1) is 0 Å². The van der Waals surface area contributed by atoms with E-state index in [9.17, 15) is 0 Å². The SMILES string of the molecule is Cn1cc(-c2ccc3ncc(Cn4ncc5ncc(-c6cnn(C7CCN(C8CCCC8)CC7)c6)cc54)n3c2)cn1. The first-order chi connectivity index (χ1) is 20.2. The van der Waals surface area contributed by atoms with Gasteiger partial charge in [0.15, 0.2) is 0 Å². The number of aryl methyl sites for hydroxylation is 1. The molecule has 0 amide bonds. The Morgan fingerprint density at radius 2 is 1.56 bits per heavy atom. The first kappa shape index (κ1) is 24.5. The van der Waals surface area contributed by atoms with Gasteiger partial charge in [0.05, 0.1) is 48.6 Å². The van der Waals surface area contributed by atoms with Crippen LogP contribution < -0.4 is 0 Å². The first-order valence-corrected chi connectivity index (χ1v) is 14.7. The number of aromatic nitrogens is 9. The molecule has 0 radical (unpaired) electrons. The van der Waals surface area contributed by atoms with Crippen molar-refractivity contribution in [1.82, 2.24) is 48.6 Å². The number of piperidine rings is 1. The number of imidazole rings is 1. The van der Waals surface area contributed by atoms with E-state index >= 15 is 0 Å². The molecule has 0 atom stereocenters. The van der Waals surface area contributed by atoms with Gasteiger partial charge < -0.3 is 9.30 Å². The molecule has 208 valence electrons. The Bertz CT molecular complexity index is 1820. The quantitative estimate of drug-likeness (QED) is 0.293. The highest BCUT2D eigenvalue weighted by Gasteiger charge is 2.28. The Balaban J connectivity index is 1.03. The lowest BCUT2D eigenvalue weighted by atomic mass is 10.0. The standard InChI is InChI=1S/C31H34N10/c1-37-18-24(14-34-37)22-6-7-31-33-16-28(39(31)19-22)21-41-30-12-23(13-32-29(30)17-36-41)25-15-35-40(20-25)27-8-10-38(11-9-27)26-4-2-3-5-26/h6-7,12-20,26-27H,2-5,8-11,21H2,1H3. The summed E-state index contributed by atoms with van der Waals surface area (Å²) in [6.07, 6.45) is 23.8. The van der Waals surface area contributed by atoms with Gasteiger partial charge in [0, 0.05) is 73.2 Å². The monoisotopic (exact) mass is 546 g/mol. The van der Waals surface area contributed by atoms with Gasteiger partial charge in [0.2, 0.25) is 0 Å². The topological polar surface area (TPSA) is 86.9 Å². The molecule has 0 bridgehead atoms. The highest BCUT2D eigenvalue weighted by atomic mass is 15.3. The summed E-state index contributed by atoms with van der Waals surface area (Å²) >= 11 is 0. The van der Waals surface area contributed by atoms with Gasteiger partial charge in [-0.05, 0) is 43.9 Å². The summed E-state index contributed by atoms with van der Waals surface area (Å²) in [5.74, 6) is 0. The summed E-state index contributed by atoms with van der Waals surface area (Å²) in [6, 6.07) is 7.60. The number of likely N-dealkylation sites (tertiary alicyclic amines) is 1. The van der Waals surface area contributed by atoms with Gasteiger partial charge in [0.25, 0.3) is 0 Å². The molecule has 2 fully saturated rings. The van der Waals surface area contributed by atoms with E-state index in [4.69, 9.17) is 10.1 Å². The predicted molar refractivity (Wildman–Crippen MR) is 157 cm³/mol. The highest BCUT2D eigenvalue weighted by Crippen LogP contribution is 2.31. The maximum atomic E-state index is 4.79. The maximum Gasteiger partial charge on any atom is 0.136 e. The minimum atomic E-state index is 0.468. The summed E-state index contributed by atoms with van der Waals surface area (Å²) in [5.41, 5.74) is 8.17. The van der Waals surface area contributed by atoms with E-state index in [1.807, 2.05) is 59.7 Å². The molecule has 6 aromatic heterocycles. The van der Waals surface area contributed by atoms with Gasteiger partial charge in [-0.2, -0.15) is 15.3 Å². The average molecular weight is 547 g/mol. The van der Waals surface area contributed by atoms with E-state index in [-0.39, 0.29) is 0 Å². The van der Waals surface area contributed by atoms with Crippen LogP contribution >= 0.6 is 0 Å². The first-order valence-electron chi connectivity index (χ1n) is 14.7. The lowest BCUT2D eigenvalue weighted by Gasteiger charge is -2.36. The van der Waals surface area contributed by atoms with Crippen LogP contribution in [0.25, 0.3) is 38.9 Å². The second-order valence-electron chi connectivity index (χ2n) is 11.6. The molecule has 7 heterocycles. The van der Waals surface area contributed by atoms with E-state index < -0.39 is 0 Å². The largest absolute Gasteiger partial charge is 0.302 e. The summed E-state index contributed by atoms with van der Waals surface area (Å²) in [4.78, 5) is 12.1. The molecule has 10 nitrogen and oxygen atoms in total. The van der Waals surface area contributed by atoms with Gasteiger partial charge in [-0.25, -0.2) is 4.98 Å². The molecular formula is C31H34N10. The Morgan fingerprint density at radius 3 is 2.39 bits per heavy atom. The molecule has 1 saturated carbocycles. The third-order valence-electron chi connectivity index (χ3n) is 9.08. The average Bonchev–Trinajstić information content (AvgIpc) is 3.84. The number of hydrogen-bond acceptors (Lipinski definition) is 6. The van der Waals surface area contributed by atoms with E-state index in [0.717, 1.165) is 50.7 Å². The molecule has 0 spiro atoms. The molecule has 1 aliphatic carbocycles. The fraction of sp³-hybridized carbons (Fsp3) is 0.387. The molecule has 2 aliphatic rings. The smallest absolute Gasteiger partial charge is 0.136 e. The van der Waals surface area contributed by atoms with Gasteiger partial charge in [0.1, 0.15) is 11.2 Å². The fourth-order valence-corrected chi connectivity index (χ4v) is 6.75. The Labute approximate surface area is 238 Å². The van der Waals surface area contributed by atoms with Crippen molar-refractivity contribution in [2.24, 2.45) is 7.05 Å². The summed E-state index contributed by atoms with van der Waals surface area (Å²) < 4.78 is 8.14. The molecule has 41 heavy (non-hydrogen) atoms. The van der Waals surface area contributed by atoms with E-state index in [1.165, 1.54) is 51.6 Å². The van der Waals surface area contributed by atoms with Crippen molar-refractivity contribution in [3.05, 3.63) is 73.5 Å². The lowest BCUT2D eigenvalue weighted by molar-refractivity contribution is 0.132. The van der Waals surface area contributed by atoms with Crippen molar-refractivity contribution in [3.63, 3.8) is 0 Å². The predicted octanol–water partition coefficient (Wildman–Crippen LogP) is 4.97. The van der Waals surface area contributed by atoms with Crippen molar-refractivity contribution < 1.29 is 0 Å². The van der Waals surface area contributed by atoms with Crippen LogP contribution in [0.2, 0.25) is 0 Å². The summed E-state index contributed by atoms with van der Waals surface area (Å²) in [6.45, 7) is 2.96. The molecule has 10 heteroatoms. The Hall–Kier alpha value is -4.31. The lowest BCUT2D eigenvalue weighted by Crippen LogP contribution is -2.40. The molecular weight excluding hydrogens is 512 g/mol. The molecule has 1 aliphatic heterocycles. The van der Waals surface area contributed by atoms with Gasteiger partial charge in [-0.15, -0.1) is 0 Å². The minimum absolute atomic E-state index is 0.468. The second-order valence-corrected chi connectivity index (χ2v) is 11.6. The zero-order valence-electron chi connectivity index (χ0n) is 23.3. The third-order valence-corrected chi connectivity index (χ3v) is 9.08. The van der Waals surface area contributed by atoms with Crippen molar-refractivity contribution in [1.29, 1.82) is 0 Å². The number of nitrogens with zero attached hydrogens (tertiary/aromatic N) is 10. The molecule has 0 aromatic carbocycles. The van der Waals surface area contributed by atoms with Gasteiger partial charge in [-0.1, -0.05) is 12.8 Å². The normalized spacial score (nSPS) is 17.4. The van der Waals surface area contributed by atoms with E-state index in [2.05, 4.69) is 53.7 Å². The zero-order valence-corrected chi connectivity index (χ0v) is 23.3. The zero-order chi connectivity index (χ0) is 27.3. The minimum Gasteiger partial charge on any atom is -0.302 e. The summed E-state index contributed by atoms with van der Waals surface area (Å²) in [7, 11) is 1.93. The van der Waals surface area contributed by atoms with Crippen LogP contribution in [0.4, 0.5) is 0 Å². The number of hydrogen-bond donors (Lipinski definition) is 0. The molecule has 8 rings (SSSR count). The Kier molecular flexibility index (Phi) is 5.94. The second kappa shape index (κ2) is 9.95. The van der Waals surface area contributed by atoms with Crippen LogP contribution in [0.5, 0.6) is 0 Å². The van der Waals surface area contributed by atoms with Crippen LogP contribution in [0.1, 0.15) is 50.3 Å². The fourth-order valence-electron chi connectivity index (χ4n) is 6.75. The van der Waals surface area contributed by atoms with Crippen molar-refractivity contribution >= 4 is 16.7 Å². The molecule has 6 aromatic rings. The number of fused-ring (bicyclic) bond motifs is 2. The van der Waals surface area contributed by atoms with Crippen LogP contribution in [0.15, 0.2) is 67.8 Å². The van der Waals surface area contributed by atoms with Gasteiger partial charge in [-0.3, -0.25) is 19.0 Å². The maximum absolute atomic E-state index is 4.79. The van der Waals surface area contributed by atoms with Crippen molar-refractivity contribution in [2.45, 2.75) is 57.2 Å². The Morgan fingerprint density at radius 1 is 0.732 bits per heavy atom. The third kappa shape index (κ3) is 4.52. The van der Waals surface area contributed by atoms with E-state index in [0.29, 0.717) is 12.6 Å². The highest BCUT2D eigenvalue weighted by molar-refractivity contribution is 5.80. The molecule has 0 N–H and O–H groups in total. The van der Waals surface area contributed by atoms with Crippen molar-refractivity contribution in [2.75, 3.05) is 13.1 Å². The molecule has 1 saturated heterocycles. The molecule has 0 unspecified atom stereocenters. The van der Waals surface area contributed by atoms with Crippen LogP contribution in [-0.2, 0) is 13.6 Å². The van der Waals surface area contributed by atoms with Crippen LogP contribution in [-0.4, -0.2) is 67.7 Å². The van der Waals surface area contributed by atoms with Crippen molar-refractivity contribution in [3.8, 4) is 22.3 Å².